The average molecular weight is 749 g/mol. The number of anilines is 2. The van der Waals surface area contributed by atoms with Crippen molar-refractivity contribution in [1.29, 1.82) is 0 Å². The first kappa shape index (κ1) is 38.2. The van der Waals surface area contributed by atoms with E-state index in [1.807, 2.05) is 48.5 Å². The maximum atomic E-state index is 13.0. The third-order valence-electron chi connectivity index (χ3n) is 9.48. The number of benzene rings is 4. The SMILES string of the molecule is C[C@H](C[C@H](C)C(=O)O[C@H]1CCN(c2ccc(N=Nc3ccc([N+](=O)[O-])cc3)cc2)C1)C(=O)O[C@H]1CCN(c2ccc(N=Nc3ccc([N+](=O)[O-])cc3)cc2)C1. The molecular weight excluding hydrogens is 708 g/mol. The van der Waals surface area contributed by atoms with E-state index >= 15 is 0 Å². The number of nitrogens with zero attached hydrogens (tertiary/aromatic N) is 8. The van der Waals surface area contributed by atoms with E-state index in [1.165, 1.54) is 48.5 Å². The maximum Gasteiger partial charge on any atom is 0.309 e. The van der Waals surface area contributed by atoms with Crippen LogP contribution < -0.4 is 9.80 Å². The lowest BCUT2D eigenvalue weighted by Crippen LogP contribution is -2.30. The normalized spacial score (nSPS) is 18.1. The summed E-state index contributed by atoms with van der Waals surface area (Å²) in [6.07, 6.45) is 1.15. The van der Waals surface area contributed by atoms with E-state index in [0.29, 0.717) is 55.1 Å². The Kier molecular flexibility index (Phi) is 12.1. The Morgan fingerprint density at radius 3 is 1.22 bits per heavy atom. The molecule has 16 heteroatoms. The molecule has 0 amide bonds. The van der Waals surface area contributed by atoms with Crippen molar-refractivity contribution >= 4 is 57.4 Å². The second kappa shape index (κ2) is 17.5. The first-order chi connectivity index (χ1) is 26.5. The molecule has 0 bridgehead atoms. The largest absolute Gasteiger partial charge is 0.460 e. The van der Waals surface area contributed by atoms with Crippen LogP contribution in [0.25, 0.3) is 0 Å². The van der Waals surface area contributed by atoms with Crippen LogP contribution in [0.5, 0.6) is 0 Å². The van der Waals surface area contributed by atoms with Crippen LogP contribution in [0.1, 0.15) is 33.1 Å². The van der Waals surface area contributed by atoms with Crippen molar-refractivity contribution in [2.45, 2.75) is 45.3 Å². The zero-order valence-corrected chi connectivity index (χ0v) is 30.3. The molecule has 16 nitrogen and oxygen atoms in total. The molecule has 4 aromatic carbocycles. The molecule has 2 fully saturated rings. The number of nitro groups is 2. The number of azo groups is 2. The van der Waals surface area contributed by atoms with Gasteiger partial charge in [0.15, 0.2) is 0 Å². The van der Waals surface area contributed by atoms with Crippen LogP contribution in [-0.4, -0.2) is 60.2 Å². The van der Waals surface area contributed by atoms with Gasteiger partial charge in [-0.1, -0.05) is 13.8 Å². The van der Waals surface area contributed by atoms with Gasteiger partial charge in [-0.05, 0) is 79.2 Å². The van der Waals surface area contributed by atoms with Gasteiger partial charge in [-0.15, -0.1) is 0 Å². The zero-order valence-electron chi connectivity index (χ0n) is 30.3. The van der Waals surface area contributed by atoms with Gasteiger partial charge in [0.05, 0.1) is 57.5 Å². The summed E-state index contributed by atoms with van der Waals surface area (Å²) >= 11 is 0. The number of carbonyl (C=O) groups is 2. The van der Waals surface area contributed by atoms with Gasteiger partial charge in [-0.3, -0.25) is 29.8 Å². The molecule has 0 saturated carbocycles. The maximum absolute atomic E-state index is 13.0. The highest BCUT2D eigenvalue weighted by molar-refractivity contribution is 5.76. The molecule has 55 heavy (non-hydrogen) atoms. The van der Waals surface area contributed by atoms with Crippen LogP contribution in [0, 0.1) is 32.1 Å². The standard InChI is InChI=1S/C39H40N8O8/c1-26(38(48)54-36-19-21-44(24-36)32-11-3-28(4-12-32)40-42-30-7-15-34(16-8-30)46(50)51)23-27(2)39(49)55-37-20-22-45(25-37)33-13-5-29(6-14-33)41-43-31-9-17-35(18-10-31)47(52)53/h3-18,26-27,36-37H,19-25H2,1-2H3/t26-,27+,36-,37-/m0/s1. The van der Waals surface area contributed by atoms with Gasteiger partial charge in [0.2, 0.25) is 0 Å². The van der Waals surface area contributed by atoms with Crippen molar-refractivity contribution in [2.75, 3.05) is 36.0 Å². The molecule has 2 heterocycles. The van der Waals surface area contributed by atoms with Gasteiger partial charge in [-0.2, -0.15) is 20.5 Å². The lowest BCUT2D eigenvalue weighted by Gasteiger charge is -2.22. The summed E-state index contributed by atoms with van der Waals surface area (Å²) in [6.45, 7) is 6.08. The van der Waals surface area contributed by atoms with E-state index in [0.717, 1.165) is 24.5 Å². The molecule has 2 saturated heterocycles. The highest BCUT2D eigenvalue weighted by Gasteiger charge is 2.31. The molecule has 0 radical (unpaired) electrons. The number of rotatable bonds is 14. The third kappa shape index (κ3) is 10.3. The second-order valence-electron chi connectivity index (χ2n) is 13.6. The third-order valence-corrected chi connectivity index (χ3v) is 9.48. The summed E-state index contributed by atoms with van der Waals surface area (Å²) in [7, 11) is 0. The van der Waals surface area contributed by atoms with E-state index in [2.05, 4.69) is 30.3 Å². The molecule has 0 aliphatic carbocycles. The van der Waals surface area contributed by atoms with Crippen LogP contribution in [-0.2, 0) is 19.1 Å². The molecule has 0 N–H and O–H groups in total. The summed E-state index contributed by atoms with van der Waals surface area (Å²) in [6, 6.07) is 26.7. The second-order valence-corrected chi connectivity index (χ2v) is 13.6. The van der Waals surface area contributed by atoms with Crippen LogP contribution in [0.4, 0.5) is 45.5 Å². The molecule has 0 spiro atoms. The number of non-ortho nitro benzene ring substituents is 2. The summed E-state index contributed by atoms with van der Waals surface area (Å²) in [5.41, 5.74) is 4.17. The fraction of sp³-hybridized carbons (Fsp3) is 0.333. The molecular formula is C39H40N8O8. The topological polar surface area (TPSA) is 195 Å². The van der Waals surface area contributed by atoms with Gasteiger partial charge < -0.3 is 19.3 Å². The fourth-order valence-corrected chi connectivity index (χ4v) is 6.37. The lowest BCUT2D eigenvalue weighted by molar-refractivity contribution is -0.385. The van der Waals surface area contributed by atoms with Crippen molar-refractivity contribution in [3.8, 4) is 0 Å². The molecule has 0 unspecified atom stereocenters. The van der Waals surface area contributed by atoms with Crippen molar-refractivity contribution in [3.63, 3.8) is 0 Å². The summed E-state index contributed by atoms with van der Waals surface area (Å²) in [5, 5.41) is 38.4. The minimum absolute atomic E-state index is 0.0109. The molecule has 4 atom stereocenters. The summed E-state index contributed by atoms with van der Waals surface area (Å²) in [4.78, 5) is 51.0. The minimum atomic E-state index is -0.479. The quantitative estimate of drug-likeness (QED) is 0.0520. The van der Waals surface area contributed by atoms with Crippen molar-refractivity contribution in [1.82, 2.24) is 0 Å². The Hall–Kier alpha value is -6.58. The number of nitro benzene ring substituents is 2. The van der Waals surface area contributed by atoms with Crippen LogP contribution in [0.2, 0.25) is 0 Å². The predicted octanol–water partition coefficient (Wildman–Crippen LogP) is 8.94. The Balaban J connectivity index is 0.901. The molecule has 0 aromatic heterocycles. The lowest BCUT2D eigenvalue weighted by atomic mass is 9.97. The van der Waals surface area contributed by atoms with E-state index < -0.39 is 21.7 Å². The van der Waals surface area contributed by atoms with Crippen LogP contribution >= 0.6 is 0 Å². The average Bonchev–Trinajstić information content (AvgIpc) is 3.87. The first-order valence-corrected chi connectivity index (χ1v) is 17.9. The molecule has 4 aromatic rings. The number of hydrogen-bond acceptors (Lipinski definition) is 14. The Morgan fingerprint density at radius 2 is 0.909 bits per heavy atom. The predicted molar refractivity (Wildman–Crippen MR) is 204 cm³/mol. The monoisotopic (exact) mass is 748 g/mol. The highest BCUT2D eigenvalue weighted by Crippen LogP contribution is 2.29. The Labute approximate surface area is 316 Å². The smallest absolute Gasteiger partial charge is 0.309 e. The summed E-state index contributed by atoms with van der Waals surface area (Å²) < 4.78 is 11.7. The number of esters is 2. The van der Waals surface area contributed by atoms with Gasteiger partial charge in [0.25, 0.3) is 11.4 Å². The van der Waals surface area contributed by atoms with Crippen molar-refractivity contribution in [3.05, 3.63) is 117 Å². The number of hydrogen-bond donors (Lipinski definition) is 0. The Morgan fingerprint density at radius 1 is 0.600 bits per heavy atom. The van der Waals surface area contributed by atoms with Gasteiger partial charge >= 0.3 is 11.9 Å². The van der Waals surface area contributed by atoms with Gasteiger partial charge in [-0.25, -0.2) is 0 Å². The first-order valence-electron chi connectivity index (χ1n) is 17.9. The highest BCUT2D eigenvalue weighted by atomic mass is 16.6. The fourth-order valence-electron chi connectivity index (χ4n) is 6.37. The van der Waals surface area contributed by atoms with Gasteiger partial charge in [0, 0.05) is 61.6 Å². The van der Waals surface area contributed by atoms with Crippen molar-refractivity contribution < 1.29 is 28.9 Å². The van der Waals surface area contributed by atoms with E-state index in [-0.39, 0.29) is 35.5 Å². The van der Waals surface area contributed by atoms with Gasteiger partial charge in [0.1, 0.15) is 12.2 Å². The van der Waals surface area contributed by atoms with Crippen LogP contribution in [0.15, 0.2) is 118 Å². The molecule has 2 aliphatic rings. The Bertz CT molecular complexity index is 1890. The summed E-state index contributed by atoms with van der Waals surface area (Å²) in [5.74, 6) is -1.63. The molecule has 2 aliphatic heterocycles. The van der Waals surface area contributed by atoms with Crippen molar-refractivity contribution in [2.24, 2.45) is 32.3 Å². The van der Waals surface area contributed by atoms with E-state index in [4.69, 9.17) is 9.47 Å². The van der Waals surface area contributed by atoms with E-state index in [1.54, 1.807) is 13.8 Å². The molecule has 284 valence electrons. The number of ether oxygens (including phenoxy) is 2. The van der Waals surface area contributed by atoms with E-state index in [9.17, 15) is 29.8 Å². The molecule has 6 rings (SSSR count). The van der Waals surface area contributed by atoms with Crippen LogP contribution in [0.3, 0.4) is 0 Å². The number of carbonyl (C=O) groups excluding carboxylic acids is 2. The minimum Gasteiger partial charge on any atom is -0.460 e. The zero-order chi connectivity index (χ0) is 38.9.